The second kappa shape index (κ2) is 5.41. The molecule has 0 aliphatic heterocycles. The average molecular weight is 289 g/mol. The third-order valence-electron chi connectivity index (χ3n) is 3.23. The van der Waals surface area contributed by atoms with Gasteiger partial charge in [-0.3, -0.25) is 9.97 Å². The molecule has 0 amide bonds. The predicted octanol–water partition coefficient (Wildman–Crippen LogP) is 2.91. The number of anilines is 1. The van der Waals surface area contributed by atoms with Crippen molar-refractivity contribution < 1.29 is 0 Å². The first-order valence-corrected chi connectivity index (χ1v) is 6.87. The Hall–Kier alpha value is -3.00. The van der Waals surface area contributed by atoms with Gasteiger partial charge in [0.25, 0.3) is 0 Å². The number of nitrogens with zero attached hydrogens (tertiary/aromatic N) is 4. The van der Waals surface area contributed by atoms with Crippen molar-refractivity contribution in [1.29, 1.82) is 0 Å². The second-order valence-electron chi connectivity index (χ2n) is 5.42. The van der Waals surface area contributed by atoms with Gasteiger partial charge in [-0.1, -0.05) is 5.92 Å². The molecular weight excluding hydrogens is 274 g/mol. The lowest BCUT2D eigenvalue weighted by molar-refractivity contribution is 0.737. The van der Waals surface area contributed by atoms with Crippen LogP contribution in [-0.2, 0) is 0 Å². The number of rotatable bonds is 3. The molecule has 108 valence electrons. The van der Waals surface area contributed by atoms with Gasteiger partial charge in [0.1, 0.15) is 5.82 Å². The normalized spacial score (nSPS) is 11.1. The van der Waals surface area contributed by atoms with Crippen LogP contribution in [0.5, 0.6) is 0 Å². The molecule has 0 bridgehead atoms. The van der Waals surface area contributed by atoms with Gasteiger partial charge in [-0.05, 0) is 32.0 Å². The Balaban J connectivity index is 2.19. The van der Waals surface area contributed by atoms with E-state index in [1.807, 2.05) is 32.0 Å². The Morgan fingerprint density at radius 3 is 2.50 bits per heavy atom. The van der Waals surface area contributed by atoms with Crippen LogP contribution in [0.4, 0.5) is 5.82 Å². The smallest absolute Gasteiger partial charge is 0.162 e. The van der Waals surface area contributed by atoms with Crippen molar-refractivity contribution in [3.05, 3.63) is 43.0 Å². The summed E-state index contributed by atoms with van der Waals surface area (Å²) < 4.78 is 0. The van der Waals surface area contributed by atoms with Crippen LogP contribution < -0.4 is 5.32 Å². The molecule has 0 atom stereocenters. The summed E-state index contributed by atoms with van der Waals surface area (Å²) in [7, 11) is 0. The number of pyridine rings is 2. The number of fused-ring (bicyclic) bond motifs is 1. The lowest BCUT2D eigenvalue weighted by Crippen LogP contribution is -2.29. The molecule has 3 rings (SSSR count). The fourth-order valence-electron chi connectivity index (χ4n) is 2.04. The average Bonchev–Trinajstić information content (AvgIpc) is 2.55. The highest BCUT2D eigenvalue weighted by atomic mass is 15.1. The Morgan fingerprint density at radius 2 is 1.77 bits per heavy atom. The fraction of sp³-hybridized carbons (Fsp3) is 0.176. The highest BCUT2D eigenvalue weighted by Gasteiger charge is 2.17. The summed E-state index contributed by atoms with van der Waals surface area (Å²) >= 11 is 0. The minimum Gasteiger partial charge on any atom is -0.354 e. The van der Waals surface area contributed by atoms with Gasteiger partial charge in [-0.25, -0.2) is 9.97 Å². The minimum atomic E-state index is -0.514. The van der Waals surface area contributed by atoms with Crippen LogP contribution in [0.15, 0.2) is 43.0 Å². The van der Waals surface area contributed by atoms with Crippen LogP contribution >= 0.6 is 0 Å². The Morgan fingerprint density at radius 1 is 1.05 bits per heavy atom. The fourth-order valence-corrected chi connectivity index (χ4v) is 2.04. The molecule has 1 N–H and O–H groups in total. The first kappa shape index (κ1) is 14.0. The van der Waals surface area contributed by atoms with Crippen LogP contribution in [0, 0.1) is 12.3 Å². The molecule has 0 saturated carbocycles. The molecule has 5 nitrogen and oxygen atoms in total. The molecule has 3 aromatic heterocycles. The maximum absolute atomic E-state index is 5.57. The SMILES string of the molecule is C#CC(C)(C)Nc1nc(-c2ccncc2)nc2cnccc12. The first-order chi connectivity index (χ1) is 10.6. The summed E-state index contributed by atoms with van der Waals surface area (Å²) in [6.45, 7) is 3.85. The summed E-state index contributed by atoms with van der Waals surface area (Å²) in [4.78, 5) is 17.4. The van der Waals surface area contributed by atoms with Gasteiger partial charge in [0.05, 0.1) is 17.3 Å². The molecule has 5 heteroatoms. The molecule has 0 aromatic carbocycles. The van der Waals surface area contributed by atoms with Crippen molar-refractivity contribution in [2.75, 3.05) is 5.32 Å². The van der Waals surface area contributed by atoms with Crippen molar-refractivity contribution in [2.45, 2.75) is 19.4 Å². The highest BCUT2D eigenvalue weighted by Crippen LogP contribution is 2.25. The summed E-state index contributed by atoms with van der Waals surface area (Å²) in [5.41, 5.74) is 1.14. The standard InChI is InChI=1S/C17H15N5/c1-4-17(2,3)22-16-13-7-10-19-11-14(13)20-15(21-16)12-5-8-18-9-6-12/h1,5-11H,2-3H3,(H,20,21,22). The Labute approximate surface area is 128 Å². The third-order valence-corrected chi connectivity index (χ3v) is 3.23. The van der Waals surface area contributed by atoms with Gasteiger partial charge in [0.2, 0.25) is 0 Å². The third kappa shape index (κ3) is 2.72. The molecule has 3 aromatic rings. The minimum absolute atomic E-state index is 0.514. The molecule has 0 fully saturated rings. The molecule has 0 saturated heterocycles. The van der Waals surface area contributed by atoms with Gasteiger partial charge >= 0.3 is 0 Å². The summed E-state index contributed by atoms with van der Waals surface area (Å²) in [5.74, 6) is 4.02. The molecule has 0 radical (unpaired) electrons. The first-order valence-electron chi connectivity index (χ1n) is 6.87. The van der Waals surface area contributed by atoms with E-state index in [1.54, 1.807) is 24.8 Å². The van der Waals surface area contributed by atoms with E-state index < -0.39 is 5.54 Å². The van der Waals surface area contributed by atoms with Gasteiger partial charge in [-0.2, -0.15) is 0 Å². The van der Waals surface area contributed by atoms with E-state index in [0.717, 1.165) is 16.5 Å². The van der Waals surface area contributed by atoms with E-state index in [1.165, 1.54) is 0 Å². The van der Waals surface area contributed by atoms with Crippen LogP contribution in [0.2, 0.25) is 0 Å². The molecule has 0 unspecified atom stereocenters. The Kier molecular flexibility index (Phi) is 3.43. The molecule has 0 aliphatic carbocycles. The Bertz CT molecular complexity index is 850. The lowest BCUT2D eigenvalue weighted by Gasteiger charge is -2.21. The zero-order chi connectivity index (χ0) is 15.6. The zero-order valence-corrected chi connectivity index (χ0v) is 12.4. The van der Waals surface area contributed by atoms with Gasteiger partial charge in [0.15, 0.2) is 5.82 Å². The largest absolute Gasteiger partial charge is 0.354 e. The maximum atomic E-state index is 5.57. The van der Waals surface area contributed by atoms with Crippen LogP contribution in [-0.4, -0.2) is 25.5 Å². The molecular formula is C17H15N5. The topological polar surface area (TPSA) is 63.6 Å². The molecule has 3 heterocycles. The summed E-state index contributed by atoms with van der Waals surface area (Å²) in [6, 6.07) is 5.61. The maximum Gasteiger partial charge on any atom is 0.162 e. The zero-order valence-electron chi connectivity index (χ0n) is 12.4. The number of terminal acetylenes is 1. The predicted molar refractivity (Wildman–Crippen MR) is 87.1 cm³/mol. The van der Waals surface area contributed by atoms with Crippen molar-refractivity contribution in [2.24, 2.45) is 0 Å². The molecule has 0 spiro atoms. The summed E-state index contributed by atoms with van der Waals surface area (Å²) in [5, 5.41) is 4.18. The van der Waals surface area contributed by atoms with Crippen molar-refractivity contribution in [3.63, 3.8) is 0 Å². The lowest BCUT2D eigenvalue weighted by atomic mass is 10.1. The highest BCUT2D eigenvalue weighted by molar-refractivity contribution is 5.90. The van der Waals surface area contributed by atoms with Crippen molar-refractivity contribution in [1.82, 2.24) is 19.9 Å². The van der Waals surface area contributed by atoms with E-state index in [2.05, 4.69) is 31.2 Å². The van der Waals surface area contributed by atoms with E-state index in [0.29, 0.717) is 11.6 Å². The van der Waals surface area contributed by atoms with Gasteiger partial charge < -0.3 is 5.32 Å². The van der Waals surface area contributed by atoms with Crippen LogP contribution in [0.25, 0.3) is 22.3 Å². The summed E-state index contributed by atoms with van der Waals surface area (Å²) in [6.07, 6.45) is 12.4. The van der Waals surface area contributed by atoms with Gasteiger partial charge in [0, 0.05) is 29.5 Å². The quantitative estimate of drug-likeness (QED) is 0.751. The number of nitrogens with one attached hydrogen (secondary N) is 1. The second-order valence-corrected chi connectivity index (χ2v) is 5.42. The van der Waals surface area contributed by atoms with E-state index >= 15 is 0 Å². The van der Waals surface area contributed by atoms with E-state index in [-0.39, 0.29) is 0 Å². The van der Waals surface area contributed by atoms with Crippen LogP contribution in [0.3, 0.4) is 0 Å². The van der Waals surface area contributed by atoms with E-state index in [9.17, 15) is 0 Å². The van der Waals surface area contributed by atoms with E-state index in [4.69, 9.17) is 6.42 Å². The monoisotopic (exact) mass is 289 g/mol. The van der Waals surface area contributed by atoms with Crippen LogP contribution in [0.1, 0.15) is 13.8 Å². The number of hydrogen-bond donors (Lipinski definition) is 1. The number of hydrogen-bond acceptors (Lipinski definition) is 5. The molecule has 0 aliphatic rings. The van der Waals surface area contributed by atoms with Gasteiger partial charge in [-0.15, -0.1) is 6.42 Å². The number of aromatic nitrogens is 4. The van der Waals surface area contributed by atoms with Crippen molar-refractivity contribution >= 4 is 16.7 Å². The van der Waals surface area contributed by atoms with Crippen molar-refractivity contribution in [3.8, 4) is 23.7 Å². The molecule has 22 heavy (non-hydrogen) atoms.